The lowest BCUT2D eigenvalue weighted by molar-refractivity contribution is -0.356. The maximum Gasteiger partial charge on any atom is 0.303 e. The summed E-state index contributed by atoms with van der Waals surface area (Å²) in [6.07, 6.45) is 3.16. The number of hydrogen-bond acceptors (Lipinski definition) is 7. The monoisotopic (exact) mass is 570 g/mol. The Labute approximate surface area is 241 Å². The second kappa shape index (κ2) is 11.7. The van der Waals surface area contributed by atoms with E-state index >= 15 is 0 Å². The first-order valence-corrected chi connectivity index (χ1v) is 14.6. The molecular formula is C32H39ClO7. The number of hydrogen-bond donors (Lipinski definition) is 0. The Morgan fingerprint density at radius 1 is 1.00 bits per heavy atom. The maximum atomic E-state index is 12.2. The molecule has 2 aromatic rings. The van der Waals surface area contributed by atoms with Crippen molar-refractivity contribution in [1.82, 2.24) is 0 Å². The Bertz CT molecular complexity index is 1220. The second-order valence-electron chi connectivity index (χ2n) is 11.5. The van der Waals surface area contributed by atoms with Crippen LogP contribution in [-0.2, 0) is 40.7 Å². The van der Waals surface area contributed by atoms with Crippen molar-refractivity contribution in [2.75, 3.05) is 7.11 Å². The van der Waals surface area contributed by atoms with Gasteiger partial charge in [0.1, 0.15) is 11.9 Å². The molecule has 3 unspecified atom stereocenters. The molecule has 1 aliphatic heterocycles. The van der Waals surface area contributed by atoms with Gasteiger partial charge in [0.05, 0.1) is 12.2 Å². The average molecular weight is 571 g/mol. The van der Waals surface area contributed by atoms with Crippen LogP contribution in [0.15, 0.2) is 42.5 Å². The number of carbonyl (C=O) groups excluding carboxylic acids is 2. The van der Waals surface area contributed by atoms with Crippen LogP contribution in [0.2, 0.25) is 5.02 Å². The Morgan fingerprint density at radius 2 is 1.68 bits per heavy atom. The zero-order valence-corrected chi connectivity index (χ0v) is 24.6. The number of halogens is 1. The van der Waals surface area contributed by atoms with Crippen LogP contribution in [0.25, 0.3) is 0 Å². The average Bonchev–Trinajstić information content (AvgIpc) is 3.53. The van der Waals surface area contributed by atoms with Crippen molar-refractivity contribution in [3.8, 4) is 5.75 Å². The number of carbonyl (C=O) groups is 2. The van der Waals surface area contributed by atoms with Crippen molar-refractivity contribution in [2.24, 2.45) is 17.8 Å². The minimum atomic E-state index is -1.50. The molecule has 1 heterocycles. The van der Waals surface area contributed by atoms with E-state index in [1.165, 1.54) is 40.2 Å². The van der Waals surface area contributed by atoms with Crippen LogP contribution in [0.4, 0.5) is 0 Å². The summed E-state index contributed by atoms with van der Waals surface area (Å²) in [5.74, 6) is -0.0815. The quantitative estimate of drug-likeness (QED) is 0.331. The third-order valence-corrected chi connectivity index (χ3v) is 9.04. The van der Waals surface area contributed by atoms with Gasteiger partial charge in [-0.15, -0.1) is 0 Å². The van der Waals surface area contributed by atoms with Crippen LogP contribution in [0, 0.1) is 17.8 Å². The van der Waals surface area contributed by atoms with E-state index in [9.17, 15) is 9.59 Å². The van der Waals surface area contributed by atoms with Crippen LogP contribution in [0.3, 0.4) is 0 Å². The first-order chi connectivity index (χ1) is 19.1. The van der Waals surface area contributed by atoms with Gasteiger partial charge < -0.3 is 23.7 Å². The van der Waals surface area contributed by atoms with Crippen LogP contribution < -0.4 is 4.74 Å². The molecular weight excluding hydrogens is 532 g/mol. The summed E-state index contributed by atoms with van der Waals surface area (Å²) in [5.41, 5.74) is 2.56. The van der Waals surface area contributed by atoms with E-state index < -0.39 is 29.9 Å². The lowest BCUT2D eigenvalue weighted by atomic mass is 9.81. The highest BCUT2D eigenvalue weighted by Crippen LogP contribution is 2.52. The molecule has 2 aliphatic carbocycles. The molecule has 3 fully saturated rings. The molecule has 8 heteroatoms. The minimum Gasteiger partial charge on any atom is -0.490 e. The fourth-order valence-electron chi connectivity index (χ4n) is 6.54. The molecule has 5 rings (SSSR count). The highest BCUT2D eigenvalue weighted by Gasteiger charge is 2.58. The molecule has 40 heavy (non-hydrogen) atoms. The summed E-state index contributed by atoms with van der Waals surface area (Å²) < 4.78 is 30.4. The molecule has 0 radical (unpaired) electrons. The van der Waals surface area contributed by atoms with Gasteiger partial charge in [-0.05, 0) is 79.3 Å². The third kappa shape index (κ3) is 5.88. The van der Waals surface area contributed by atoms with Gasteiger partial charge in [-0.25, -0.2) is 0 Å². The SMILES string of the molecule is CC[C@H]1OC(OC)(c2ccc(Cl)c(Cc3ccc(OC4CC5CC5C4)cc3)c2)[C@H](OC(C)=O)[C@@H](OC(C)=O)[C@@H]1C. The van der Waals surface area contributed by atoms with Gasteiger partial charge in [-0.3, -0.25) is 9.59 Å². The van der Waals surface area contributed by atoms with E-state index in [1.807, 2.05) is 38.1 Å². The van der Waals surface area contributed by atoms with Gasteiger partial charge in [0.2, 0.25) is 5.79 Å². The Hall–Kier alpha value is -2.61. The molecule has 0 amide bonds. The molecule has 0 spiro atoms. The van der Waals surface area contributed by atoms with Gasteiger partial charge in [0.25, 0.3) is 0 Å². The maximum absolute atomic E-state index is 12.2. The summed E-state index contributed by atoms with van der Waals surface area (Å²) in [4.78, 5) is 24.3. The van der Waals surface area contributed by atoms with E-state index in [-0.39, 0.29) is 12.0 Å². The molecule has 0 bridgehead atoms. The first kappa shape index (κ1) is 28.9. The van der Waals surface area contributed by atoms with Crippen LogP contribution in [0.5, 0.6) is 5.75 Å². The summed E-state index contributed by atoms with van der Waals surface area (Å²) in [5, 5.41) is 0.595. The van der Waals surface area contributed by atoms with Crippen LogP contribution >= 0.6 is 11.6 Å². The number of esters is 2. The van der Waals surface area contributed by atoms with Gasteiger partial charge in [-0.1, -0.05) is 43.6 Å². The van der Waals surface area contributed by atoms with Gasteiger partial charge in [0.15, 0.2) is 6.10 Å². The van der Waals surface area contributed by atoms with Crippen LogP contribution in [0.1, 0.15) is 70.1 Å². The smallest absolute Gasteiger partial charge is 0.303 e. The summed E-state index contributed by atoms with van der Waals surface area (Å²) in [7, 11) is 1.50. The lowest BCUT2D eigenvalue weighted by Gasteiger charge is -2.50. The van der Waals surface area contributed by atoms with Crippen molar-refractivity contribution >= 4 is 23.5 Å². The van der Waals surface area contributed by atoms with E-state index in [4.69, 9.17) is 35.3 Å². The largest absolute Gasteiger partial charge is 0.490 e. The zero-order chi connectivity index (χ0) is 28.6. The van der Waals surface area contributed by atoms with E-state index in [2.05, 4.69) is 12.1 Å². The molecule has 216 valence electrons. The second-order valence-corrected chi connectivity index (χ2v) is 11.9. The normalized spacial score (nSPS) is 32.7. The van der Waals surface area contributed by atoms with Crippen molar-refractivity contribution in [1.29, 1.82) is 0 Å². The molecule has 2 aromatic carbocycles. The van der Waals surface area contributed by atoms with Crippen molar-refractivity contribution in [2.45, 2.75) is 90.0 Å². The van der Waals surface area contributed by atoms with E-state index in [0.717, 1.165) is 28.7 Å². The Morgan fingerprint density at radius 3 is 2.27 bits per heavy atom. The summed E-state index contributed by atoms with van der Waals surface area (Å²) in [6.45, 7) is 6.58. The van der Waals surface area contributed by atoms with Gasteiger partial charge >= 0.3 is 11.9 Å². The summed E-state index contributed by atoms with van der Waals surface area (Å²) in [6, 6.07) is 13.7. The van der Waals surface area contributed by atoms with E-state index in [0.29, 0.717) is 29.5 Å². The molecule has 3 aliphatic rings. The number of methoxy groups -OCH3 is 1. The van der Waals surface area contributed by atoms with Gasteiger partial charge in [0, 0.05) is 37.5 Å². The van der Waals surface area contributed by atoms with Crippen molar-refractivity contribution < 1.29 is 33.3 Å². The van der Waals surface area contributed by atoms with Crippen molar-refractivity contribution in [3.63, 3.8) is 0 Å². The highest BCUT2D eigenvalue weighted by molar-refractivity contribution is 6.31. The molecule has 7 nitrogen and oxygen atoms in total. The third-order valence-electron chi connectivity index (χ3n) is 8.67. The minimum absolute atomic E-state index is 0.232. The van der Waals surface area contributed by atoms with Gasteiger partial charge in [-0.2, -0.15) is 0 Å². The summed E-state index contributed by atoms with van der Waals surface area (Å²) >= 11 is 6.67. The topological polar surface area (TPSA) is 80.3 Å². The predicted octanol–water partition coefficient (Wildman–Crippen LogP) is 6.22. The van der Waals surface area contributed by atoms with Crippen molar-refractivity contribution in [3.05, 3.63) is 64.2 Å². The highest BCUT2D eigenvalue weighted by atomic mass is 35.5. The Kier molecular flexibility index (Phi) is 8.46. The lowest BCUT2D eigenvalue weighted by Crippen LogP contribution is -2.62. The standard InChI is InChI=1S/C32H39ClO7/c1-6-29-18(2)30(37-19(3)34)31(38-20(4)35)32(36-5,40-29)25-9-12-28(33)24(15-25)13-21-7-10-26(11-8-21)39-27-16-22-14-23(22)17-27/h7-12,15,18,22-23,27,29-31H,6,13-14,16-17H2,1-5H3/t18-,22?,23?,27?,29-,30+,31-,32?/m1/s1. The molecule has 0 N–H and O–H groups in total. The predicted molar refractivity (Wildman–Crippen MR) is 150 cm³/mol. The van der Waals surface area contributed by atoms with E-state index in [1.54, 1.807) is 6.07 Å². The zero-order valence-electron chi connectivity index (χ0n) is 23.9. The molecule has 7 atom stereocenters. The molecule has 0 aromatic heterocycles. The number of fused-ring (bicyclic) bond motifs is 1. The van der Waals surface area contributed by atoms with Crippen LogP contribution in [-0.4, -0.2) is 43.5 Å². The fraction of sp³-hybridized carbons (Fsp3) is 0.562. The molecule has 1 saturated heterocycles. The number of ether oxygens (including phenoxy) is 5. The first-order valence-electron chi connectivity index (χ1n) is 14.2. The fourth-order valence-corrected chi connectivity index (χ4v) is 6.72. The number of benzene rings is 2. The number of rotatable bonds is 9. The molecule has 2 saturated carbocycles. The Balaban J connectivity index is 1.42.